The number of pyridine rings is 1. The first-order chi connectivity index (χ1) is 10.8. The van der Waals surface area contributed by atoms with E-state index in [4.69, 9.17) is 0 Å². The lowest BCUT2D eigenvalue weighted by atomic mass is 9.97. The zero-order valence-electron chi connectivity index (χ0n) is 13.1. The number of allylic oxidation sites excluding steroid dienone is 1. The van der Waals surface area contributed by atoms with Crippen molar-refractivity contribution < 1.29 is 0 Å². The van der Waals surface area contributed by atoms with E-state index in [2.05, 4.69) is 21.4 Å². The van der Waals surface area contributed by atoms with Gasteiger partial charge in [-0.2, -0.15) is 0 Å². The van der Waals surface area contributed by atoms with Crippen molar-refractivity contribution in [1.29, 1.82) is 0 Å². The number of nitrogens with one attached hydrogen (secondary N) is 1. The summed E-state index contributed by atoms with van der Waals surface area (Å²) in [6.45, 7) is 3.92. The van der Waals surface area contributed by atoms with Crippen LogP contribution in [0.25, 0.3) is 10.6 Å². The second-order valence-electron chi connectivity index (χ2n) is 5.82. The predicted molar refractivity (Wildman–Crippen MR) is 93.0 cm³/mol. The molecule has 0 aromatic carbocycles. The summed E-state index contributed by atoms with van der Waals surface area (Å²) >= 11 is 1.73. The molecule has 0 amide bonds. The topological polar surface area (TPSA) is 37.8 Å². The van der Waals surface area contributed by atoms with Crippen LogP contribution in [0.2, 0.25) is 0 Å². The van der Waals surface area contributed by atoms with E-state index in [0.29, 0.717) is 0 Å². The Morgan fingerprint density at radius 2 is 2.23 bits per heavy atom. The lowest BCUT2D eigenvalue weighted by Gasteiger charge is -2.12. The maximum absolute atomic E-state index is 4.56. The molecule has 0 unspecified atom stereocenters. The molecule has 2 heterocycles. The third-order valence-electron chi connectivity index (χ3n) is 3.98. The summed E-state index contributed by atoms with van der Waals surface area (Å²) in [4.78, 5) is 10.2. The van der Waals surface area contributed by atoms with Crippen molar-refractivity contribution >= 4 is 11.3 Å². The third-order valence-corrected chi connectivity index (χ3v) is 5.00. The number of hydrogen-bond donors (Lipinski definition) is 1. The van der Waals surface area contributed by atoms with Crippen LogP contribution in [-0.4, -0.2) is 16.5 Å². The van der Waals surface area contributed by atoms with Crippen molar-refractivity contribution in [2.24, 2.45) is 0 Å². The number of aromatic nitrogens is 2. The van der Waals surface area contributed by atoms with Crippen molar-refractivity contribution in [3.8, 4) is 10.6 Å². The summed E-state index contributed by atoms with van der Waals surface area (Å²) in [6, 6.07) is 6.12. The first-order valence-electron chi connectivity index (χ1n) is 8.08. The molecule has 3 nitrogen and oxygen atoms in total. The van der Waals surface area contributed by atoms with Crippen LogP contribution in [0.4, 0.5) is 0 Å². The number of nitrogens with zero attached hydrogens (tertiary/aromatic N) is 2. The molecule has 0 atom stereocenters. The molecule has 4 heteroatoms. The molecular formula is C18H23N3S. The summed E-state index contributed by atoms with van der Waals surface area (Å²) in [6.07, 6.45) is 10.8. The molecule has 3 rings (SSSR count). The molecule has 0 radical (unpaired) electrons. The molecule has 0 bridgehead atoms. The van der Waals surface area contributed by atoms with Gasteiger partial charge in [0.1, 0.15) is 5.01 Å². The molecule has 2 aromatic rings. The van der Waals surface area contributed by atoms with E-state index < -0.39 is 0 Å². The van der Waals surface area contributed by atoms with Gasteiger partial charge in [-0.15, -0.1) is 11.3 Å². The molecule has 1 aliphatic rings. The highest BCUT2D eigenvalue weighted by Gasteiger charge is 2.06. The van der Waals surface area contributed by atoms with Crippen molar-refractivity contribution in [2.75, 3.05) is 6.54 Å². The first-order valence-corrected chi connectivity index (χ1v) is 8.90. The highest BCUT2D eigenvalue weighted by molar-refractivity contribution is 7.15. The molecule has 1 aliphatic carbocycles. The average Bonchev–Trinajstić information content (AvgIpc) is 3.02. The second-order valence-corrected chi connectivity index (χ2v) is 6.93. The largest absolute Gasteiger partial charge is 0.310 e. The molecule has 1 N–H and O–H groups in total. The van der Waals surface area contributed by atoms with Gasteiger partial charge < -0.3 is 5.32 Å². The molecule has 0 saturated heterocycles. The van der Waals surface area contributed by atoms with Crippen molar-refractivity contribution in [3.05, 3.63) is 46.7 Å². The van der Waals surface area contributed by atoms with Crippen LogP contribution in [0, 0.1) is 6.92 Å². The Balaban J connectivity index is 1.48. The lowest BCUT2D eigenvalue weighted by molar-refractivity contribution is 0.631. The Labute approximate surface area is 136 Å². The molecule has 0 aliphatic heterocycles. The summed E-state index contributed by atoms with van der Waals surface area (Å²) in [5.74, 6) is 0. The van der Waals surface area contributed by atoms with Gasteiger partial charge in [0.05, 0.1) is 10.6 Å². The maximum atomic E-state index is 4.56. The SMILES string of the molecule is Cc1cccc(-c2cnc(CNCCC3=CCCCC3)s2)n1. The third kappa shape index (κ3) is 4.24. The van der Waals surface area contributed by atoms with Gasteiger partial charge in [-0.3, -0.25) is 4.98 Å². The Morgan fingerprint density at radius 3 is 3.05 bits per heavy atom. The van der Waals surface area contributed by atoms with Crippen molar-refractivity contribution in [2.45, 2.75) is 45.6 Å². The van der Waals surface area contributed by atoms with Crippen LogP contribution < -0.4 is 5.32 Å². The Morgan fingerprint density at radius 1 is 1.27 bits per heavy atom. The highest BCUT2D eigenvalue weighted by Crippen LogP contribution is 2.24. The first kappa shape index (κ1) is 15.4. The van der Waals surface area contributed by atoms with Crippen LogP contribution >= 0.6 is 11.3 Å². The molecule has 0 spiro atoms. The molecule has 0 saturated carbocycles. The van der Waals surface area contributed by atoms with E-state index in [0.717, 1.165) is 34.4 Å². The molecular weight excluding hydrogens is 290 g/mol. The minimum absolute atomic E-state index is 0.851. The van der Waals surface area contributed by atoms with Crippen molar-refractivity contribution in [1.82, 2.24) is 15.3 Å². The summed E-state index contributed by atoms with van der Waals surface area (Å²) in [7, 11) is 0. The van der Waals surface area contributed by atoms with E-state index in [-0.39, 0.29) is 0 Å². The minimum atomic E-state index is 0.851. The van der Waals surface area contributed by atoms with Gasteiger partial charge in [-0.05, 0) is 57.7 Å². The average molecular weight is 313 g/mol. The summed E-state index contributed by atoms with van der Waals surface area (Å²) in [5, 5.41) is 4.65. The smallest absolute Gasteiger partial charge is 0.107 e. The van der Waals surface area contributed by atoms with Crippen LogP contribution in [0.5, 0.6) is 0 Å². The zero-order chi connectivity index (χ0) is 15.2. The van der Waals surface area contributed by atoms with E-state index in [9.17, 15) is 0 Å². The van der Waals surface area contributed by atoms with Crippen LogP contribution in [-0.2, 0) is 6.54 Å². The minimum Gasteiger partial charge on any atom is -0.310 e. The van der Waals surface area contributed by atoms with Gasteiger partial charge >= 0.3 is 0 Å². The Hall–Kier alpha value is -1.52. The van der Waals surface area contributed by atoms with Crippen molar-refractivity contribution in [3.63, 3.8) is 0 Å². The van der Waals surface area contributed by atoms with E-state index in [1.54, 1.807) is 16.9 Å². The fourth-order valence-corrected chi connectivity index (χ4v) is 3.62. The standard InChI is InChI=1S/C18H23N3S/c1-14-6-5-9-16(21-14)17-12-20-18(22-17)13-19-11-10-15-7-3-2-4-8-15/h5-7,9,12,19H,2-4,8,10-11,13H2,1H3. The highest BCUT2D eigenvalue weighted by atomic mass is 32.1. The van der Waals surface area contributed by atoms with Crippen LogP contribution in [0.1, 0.15) is 42.8 Å². The fourth-order valence-electron chi connectivity index (χ4n) is 2.77. The predicted octanol–water partition coefficient (Wildman–Crippen LogP) is 4.49. The van der Waals surface area contributed by atoms with Crippen LogP contribution in [0.15, 0.2) is 36.0 Å². The Bertz CT molecular complexity index is 645. The lowest BCUT2D eigenvalue weighted by Crippen LogP contribution is -2.15. The van der Waals surface area contributed by atoms with Crippen LogP contribution in [0.3, 0.4) is 0 Å². The van der Waals surface area contributed by atoms with E-state index in [1.807, 2.05) is 31.3 Å². The number of rotatable bonds is 6. The second kappa shape index (κ2) is 7.65. The van der Waals surface area contributed by atoms with Gasteiger partial charge in [0.15, 0.2) is 0 Å². The quantitative estimate of drug-likeness (QED) is 0.630. The summed E-state index contributed by atoms with van der Waals surface area (Å²) < 4.78 is 0. The number of hydrogen-bond acceptors (Lipinski definition) is 4. The van der Waals surface area contributed by atoms with Gasteiger partial charge in [0, 0.05) is 18.4 Å². The van der Waals surface area contributed by atoms with E-state index in [1.165, 1.54) is 32.1 Å². The molecule has 116 valence electrons. The van der Waals surface area contributed by atoms with Gasteiger partial charge in [-0.25, -0.2) is 4.98 Å². The van der Waals surface area contributed by atoms with Gasteiger partial charge in [0.2, 0.25) is 0 Å². The van der Waals surface area contributed by atoms with Gasteiger partial charge in [-0.1, -0.05) is 17.7 Å². The number of aryl methyl sites for hydroxylation is 1. The molecule has 0 fully saturated rings. The number of thiazole rings is 1. The van der Waals surface area contributed by atoms with Gasteiger partial charge in [0.25, 0.3) is 0 Å². The zero-order valence-corrected chi connectivity index (χ0v) is 14.0. The molecule has 22 heavy (non-hydrogen) atoms. The maximum Gasteiger partial charge on any atom is 0.107 e. The monoisotopic (exact) mass is 313 g/mol. The fraction of sp³-hybridized carbons (Fsp3) is 0.444. The van der Waals surface area contributed by atoms with E-state index >= 15 is 0 Å². The summed E-state index contributed by atoms with van der Waals surface area (Å²) in [5.41, 5.74) is 3.70. The molecule has 2 aromatic heterocycles. The Kier molecular flexibility index (Phi) is 5.35. The normalized spacial score (nSPS) is 14.9.